The van der Waals surface area contributed by atoms with Gasteiger partial charge in [0.05, 0.1) is 29.8 Å². The predicted molar refractivity (Wildman–Crippen MR) is 132 cm³/mol. The molecule has 0 radical (unpaired) electrons. The van der Waals surface area contributed by atoms with Crippen molar-refractivity contribution in [1.29, 1.82) is 0 Å². The third-order valence-electron chi connectivity index (χ3n) is 6.75. The maximum absolute atomic E-state index is 5.90. The molecule has 168 valence electrons. The van der Waals surface area contributed by atoms with Crippen LogP contribution in [-0.2, 0) is 6.42 Å². The molecule has 6 nitrogen and oxygen atoms in total. The smallest absolute Gasteiger partial charge is 0.141 e. The first kappa shape index (κ1) is 21.2. The minimum absolute atomic E-state index is 0.366. The zero-order valence-electron chi connectivity index (χ0n) is 19.3. The van der Waals surface area contributed by atoms with Crippen LogP contribution in [0.4, 0.5) is 0 Å². The molecule has 5 rings (SSSR count). The van der Waals surface area contributed by atoms with E-state index in [4.69, 9.17) is 15.2 Å². The molecule has 2 unspecified atom stereocenters. The summed E-state index contributed by atoms with van der Waals surface area (Å²) in [5.74, 6) is 2.15. The molecule has 33 heavy (non-hydrogen) atoms. The van der Waals surface area contributed by atoms with Crippen LogP contribution in [0.2, 0.25) is 0 Å². The topological polar surface area (TPSA) is 89.3 Å². The monoisotopic (exact) mass is 439 g/mol. The minimum atomic E-state index is 0.366. The van der Waals surface area contributed by atoms with Crippen LogP contribution in [-0.4, -0.2) is 22.5 Å². The Kier molecular flexibility index (Phi) is 5.58. The normalized spacial score (nSPS) is 18.9. The Balaban J connectivity index is 1.59. The molecule has 1 aliphatic heterocycles. The molecule has 2 aromatic heterocycles. The number of aromatic nitrogens is 2. The quantitative estimate of drug-likeness (QED) is 0.603. The largest absolute Gasteiger partial charge is 0.386 e. The summed E-state index contributed by atoms with van der Waals surface area (Å²) in [6.07, 6.45) is 8.12. The summed E-state index contributed by atoms with van der Waals surface area (Å²) in [5, 5.41) is 7.57. The van der Waals surface area contributed by atoms with Crippen LogP contribution in [0.25, 0.3) is 16.7 Å². The number of benzene rings is 1. The Morgan fingerprint density at radius 1 is 1.18 bits per heavy atom. The maximum Gasteiger partial charge on any atom is 0.141 e. The van der Waals surface area contributed by atoms with Gasteiger partial charge in [-0.3, -0.25) is 4.98 Å². The lowest BCUT2D eigenvalue weighted by Gasteiger charge is -2.22. The number of aliphatic imine (C=N–C) groups is 1. The fourth-order valence-corrected chi connectivity index (χ4v) is 4.88. The highest BCUT2D eigenvalue weighted by atomic mass is 16.5. The second kappa shape index (κ2) is 8.70. The lowest BCUT2D eigenvalue weighted by molar-refractivity contribution is 0.393. The Labute approximate surface area is 194 Å². The summed E-state index contributed by atoms with van der Waals surface area (Å²) in [7, 11) is 0. The Morgan fingerprint density at radius 3 is 2.70 bits per heavy atom. The molecule has 0 saturated carbocycles. The highest BCUT2D eigenvalue weighted by molar-refractivity contribution is 5.88. The van der Waals surface area contributed by atoms with Crippen molar-refractivity contribution in [2.75, 3.05) is 6.54 Å². The van der Waals surface area contributed by atoms with Crippen LogP contribution in [0.5, 0.6) is 0 Å². The van der Waals surface area contributed by atoms with Gasteiger partial charge in [0.1, 0.15) is 11.6 Å². The van der Waals surface area contributed by atoms with Crippen molar-refractivity contribution in [2.45, 2.75) is 39.5 Å². The van der Waals surface area contributed by atoms with Crippen molar-refractivity contribution in [3.05, 3.63) is 88.8 Å². The number of hydrogen-bond donors (Lipinski definition) is 2. The number of allylic oxidation sites excluding steroid dienone is 2. The van der Waals surface area contributed by atoms with Crippen molar-refractivity contribution in [3.8, 4) is 11.1 Å². The summed E-state index contributed by atoms with van der Waals surface area (Å²) in [6, 6.07) is 13.0. The van der Waals surface area contributed by atoms with Gasteiger partial charge in [-0.2, -0.15) is 0 Å². The highest BCUT2D eigenvalue weighted by Crippen LogP contribution is 2.39. The molecule has 6 heteroatoms. The first-order valence-electron chi connectivity index (χ1n) is 11.5. The summed E-state index contributed by atoms with van der Waals surface area (Å²) in [5.41, 5.74) is 14.5. The zero-order chi connectivity index (χ0) is 22.9. The fourth-order valence-electron chi connectivity index (χ4n) is 4.88. The van der Waals surface area contributed by atoms with Gasteiger partial charge in [-0.25, -0.2) is 4.99 Å². The van der Waals surface area contributed by atoms with E-state index in [-0.39, 0.29) is 0 Å². The summed E-state index contributed by atoms with van der Waals surface area (Å²) >= 11 is 0. The van der Waals surface area contributed by atoms with E-state index in [1.54, 1.807) is 0 Å². The first-order valence-corrected chi connectivity index (χ1v) is 11.5. The van der Waals surface area contributed by atoms with E-state index < -0.39 is 0 Å². The number of rotatable bonds is 4. The molecule has 1 aromatic carbocycles. The molecule has 2 aliphatic rings. The van der Waals surface area contributed by atoms with E-state index in [9.17, 15) is 0 Å². The van der Waals surface area contributed by atoms with Gasteiger partial charge >= 0.3 is 0 Å². The number of hydrogen-bond acceptors (Lipinski definition) is 6. The first-order chi connectivity index (χ1) is 16.0. The van der Waals surface area contributed by atoms with Gasteiger partial charge in [0, 0.05) is 22.9 Å². The number of nitrogens with one attached hydrogen (secondary N) is 1. The number of pyridine rings is 1. The third-order valence-corrected chi connectivity index (χ3v) is 6.75. The zero-order valence-corrected chi connectivity index (χ0v) is 19.3. The van der Waals surface area contributed by atoms with E-state index in [1.165, 1.54) is 11.1 Å². The maximum atomic E-state index is 5.90. The van der Waals surface area contributed by atoms with Gasteiger partial charge < -0.3 is 15.6 Å². The number of nitrogens with zero attached hydrogens (tertiary/aromatic N) is 3. The Bertz CT molecular complexity index is 1250. The number of nitrogens with two attached hydrogens (primary N) is 1. The molecule has 0 amide bonds. The van der Waals surface area contributed by atoms with E-state index in [0.29, 0.717) is 24.2 Å². The molecular weight excluding hydrogens is 410 g/mol. The third kappa shape index (κ3) is 4.09. The van der Waals surface area contributed by atoms with Crippen LogP contribution in [0.3, 0.4) is 0 Å². The van der Waals surface area contributed by atoms with Crippen LogP contribution < -0.4 is 11.1 Å². The number of amidine groups is 1. The number of fused-ring (bicyclic) bond motifs is 1. The fraction of sp³-hybridized carbons (Fsp3) is 0.296. The molecular formula is C27H29N5O. The molecule has 1 aliphatic carbocycles. The molecule has 0 bridgehead atoms. The summed E-state index contributed by atoms with van der Waals surface area (Å²) < 4.78 is 5.41. The van der Waals surface area contributed by atoms with Crippen LogP contribution in [0.15, 0.2) is 70.1 Å². The van der Waals surface area contributed by atoms with Crippen molar-refractivity contribution >= 4 is 11.4 Å². The van der Waals surface area contributed by atoms with E-state index in [1.807, 2.05) is 26.2 Å². The van der Waals surface area contributed by atoms with Gasteiger partial charge in [-0.05, 0) is 55.7 Å². The van der Waals surface area contributed by atoms with Crippen LogP contribution in [0, 0.1) is 19.8 Å². The van der Waals surface area contributed by atoms with Crippen molar-refractivity contribution in [1.82, 2.24) is 15.5 Å². The summed E-state index contributed by atoms with van der Waals surface area (Å²) in [6.45, 7) is 6.77. The van der Waals surface area contributed by atoms with Gasteiger partial charge in [0.25, 0.3) is 0 Å². The molecule has 3 N–H and O–H groups in total. The van der Waals surface area contributed by atoms with Gasteiger partial charge in [0.15, 0.2) is 0 Å². The molecule has 3 heterocycles. The van der Waals surface area contributed by atoms with E-state index in [0.717, 1.165) is 52.4 Å². The molecule has 0 fully saturated rings. The van der Waals surface area contributed by atoms with Gasteiger partial charge in [0.2, 0.25) is 0 Å². The van der Waals surface area contributed by atoms with Crippen LogP contribution in [0.1, 0.15) is 47.5 Å². The Hall–Kier alpha value is -3.67. The standard InChI is InChI=1S/C27H29N5O/c1-16(19-7-5-4-6-8-19)20-9-10-21-11-22(26-17(2)32-33-18(26)3)13-31-27(21)23(12-20)24-14-30-25(28)15-29-24/h4-8,11-14,16,20,29H,9-10,15H2,1-3H3,(H2,28,30). The highest BCUT2D eigenvalue weighted by Gasteiger charge is 2.26. The van der Waals surface area contributed by atoms with E-state index >= 15 is 0 Å². The SMILES string of the molecule is Cc1noc(C)c1-c1cnc2c(c1)CCC(C(C)c1ccccc1)C=C2C1=CN=C(N)CN1. The average molecular weight is 440 g/mol. The van der Waals surface area contributed by atoms with Crippen LogP contribution >= 0.6 is 0 Å². The molecule has 2 atom stereocenters. The van der Waals surface area contributed by atoms with Crippen molar-refractivity contribution in [3.63, 3.8) is 0 Å². The lowest BCUT2D eigenvalue weighted by Crippen LogP contribution is -2.31. The van der Waals surface area contributed by atoms with Crippen molar-refractivity contribution in [2.24, 2.45) is 16.6 Å². The molecule has 0 saturated heterocycles. The number of aryl methyl sites for hydroxylation is 3. The average Bonchev–Trinajstić information content (AvgIpc) is 3.06. The van der Waals surface area contributed by atoms with Gasteiger partial charge in [-0.1, -0.05) is 48.5 Å². The minimum Gasteiger partial charge on any atom is -0.386 e. The Morgan fingerprint density at radius 2 is 2.00 bits per heavy atom. The predicted octanol–water partition coefficient (Wildman–Crippen LogP) is 4.90. The van der Waals surface area contributed by atoms with Crippen molar-refractivity contribution < 1.29 is 4.52 Å². The second-order valence-electron chi connectivity index (χ2n) is 8.93. The summed E-state index contributed by atoms with van der Waals surface area (Å²) in [4.78, 5) is 9.34. The van der Waals surface area contributed by atoms with E-state index in [2.05, 4.69) is 64.9 Å². The lowest BCUT2D eigenvalue weighted by atomic mass is 9.84. The second-order valence-corrected chi connectivity index (χ2v) is 8.93. The van der Waals surface area contributed by atoms with Gasteiger partial charge in [-0.15, -0.1) is 0 Å². The molecule has 3 aromatic rings. The molecule has 0 spiro atoms.